The zero-order valence-electron chi connectivity index (χ0n) is 15.4. The van der Waals surface area contributed by atoms with Gasteiger partial charge in [0.2, 0.25) is 0 Å². The molecule has 0 heterocycles. The maximum Gasteiger partial charge on any atom is 0.410 e. The molecule has 0 radical (unpaired) electrons. The lowest BCUT2D eigenvalue weighted by atomic mass is 9.64. The van der Waals surface area contributed by atoms with Gasteiger partial charge in [0.25, 0.3) is 0 Å². The second-order valence-corrected chi connectivity index (χ2v) is 7.76. The van der Waals surface area contributed by atoms with Crippen LogP contribution < -0.4 is 5.32 Å². The third-order valence-electron chi connectivity index (χ3n) is 4.31. The molecule has 1 saturated carbocycles. The number of carbonyl (C=O) groups is 1. The maximum atomic E-state index is 11.8. The molecule has 0 spiro atoms. The van der Waals surface area contributed by atoms with Gasteiger partial charge in [0, 0.05) is 31.7 Å². The number of rotatable bonds is 7. The molecule has 1 rings (SSSR count). The largest absolute Gasteiger partial charge is 0.444 e. The Hall–Kier alpha value is -0.810. The molecule has 5 nitrogen and oxygen atoms in total. The Kier molecular flexibility index (Phi) is 6.68. The molecule has 5 heteroatoms. The SMILES string of the molecule is CCOC1CC(NCCCN(C)C(=O)OC(C)(C)C)C1(C)C. The molecule has 2 unspecified atom stereocenters. The van der Waals surface area contributed by atoms with Crippen molar-refractivity contribution >= 4 is 6.09 Å². The summed E-state index contributed by atoms with van der Waals surface area (Å²) in [4.78, 5) is 13.5. The molecular formula is C17H34N2O3. The fourth-order valence-electron chi connectivity index (χ4n) is 2.74. The van der Waals surface area contributed by atoms with Crippen LogP contribution in [0.3, 0.4) is 0 Å². The topological polar surface area (TPSA) is 50.8 Å². The maximum absolute atomic E-state index is 11.8. The Morgan fingerprint density at radius 3 is 2.50 bits per heavy atom. The van der Waals surface area contributed by atoms with E-state index in [4.69, 9.17) is 9.47 Å². The molecule has 0 aromatic rings. The van der Waals surface area contributed by atoms with Crippen molar-refractivity contribution < 1.29 is 14.3 Å². The minimum Gasteiger partial charge on any atom is -0.444 e. The third-order valence-corrected chi connectivity index (χ3v) is 4.31. The predicted molar refractivity (Wildman–Crippen MR) is 89.1 cm³/mol. The molecule has 2 atom stereocenters. The average Bonchev–Trinajstić information content (AvgIpc) is 2.38. The number of nitrogens with zero attached hydrogens (tertiary/aromatic N) is 1. The lowest BCUT2D eigenvalue weighted by Gasteiger charge is -2.52. The second kappa shape index (κ2) is 7.64. The number of carbonyl (C=O) groups excluding carboxylic acids is 1. The standard InChI is InChI=1S/C17H34N2O3/c1-8-21-14-12-13(17(14,5)6)18-10-9-11-19(7)15(20)22-16(2,3)4/h13-14,18H,8-12H2,1-7H3. The summed E-state index contributed by atoms with van der Waals surface area (Å²) in [6.07, 6.45) is 2.09. The van der Waals surface area contributed by atoms with Gasteiger partial charge in [-0.2, -0.15) is 0 Å². The first-order valence-corrected chi connectivity index (χ1v) is 8.37. The predicted octanol–water partition coefficient (Wildman–Crippen LogP) is 3.04. The normalized spacial score (nSPS) is 23.8. The molecule has 1 N–H and O–H groups in total. The minimum atomic E-state index is -0.437. The van der Waals surface area contributed by atoms with Crippen molar-refractivity contribution in [3.8, 4) is 0 Å². The molecule has 1 fully saturated rings. The Labute approximate surface area is 135 Å². The van der Waals surface area contributed by atoms with E-state index >= 15 is 0 Å². The summed E-state index contributed by atoms with van der Waals surface area (Å²) in [6, 6.07) is 0.496. The molecule has 1 aliphatic carbocycles. The number of hydrogen-bond acceptors (Lipinski definition) is 4. The van der Waals surface area contributed by atoms with Crippen molar-refractivity contribution in [3.63, 3.8) is 0 Å². The van der Waals surface area contributed by atoms with E-state index in [1.54, 1.807) is 11.9 Å². The van der Waals surface area contributed by atoms with E-state index in [9.17, 15) is 4.79 Å². The number of ether oxygens (including phenoxy) is 2. The van der Waals surface area contributed by atoms with Gasteiger partial charge in [0.05, 0.1) is 6.10 Å². The third kappa shape index (κ3) is 5.43. The second-order valence-electron chi connectivity index (χ2n) is 7.76. The van der Waals surface area contributed by atoms with Crippen molar-refractivity contribution in [1.82, 2.24) is 10.2 Å². The van der Waals surface area contributed by atoms with E-state index in [-0.39, 0.29) is 11.5 Å². The Morgan fingerprint density at radius 2 is 2.00 bits per heavy atom. The molecule has 130 valence electrons. The first kappa shape index (κ1) is 19.2. The summed E-state index contributed by atoms with van der Waals surface area (Å²) in [5.41, 5.74) is -0.249. The van der Waals surface area contributed by atoms with Gasteiger partial charge in [-0.15, -0.1) is 0 Å². The van der Waals surface area contributed by atoms with Crippen LogP contribution in [0.25, 0.3) is 0 Å². The highest BCUT2D eigenvalue weighted by Gasteiger charge is 2.48. The van der Waals surface area contributed by atoms with Gasteiger partial charge in [-0.1, -0.05) is 13.8 Å². The highest BCUT2D eigenvalue weighted by atomic mass is 16.6. The number of hydrogen-bond donors (Lipinski definition) is 1. The van der Waals surface area contributed by atoms with Gasteiger partial charge in [0.15, 0.2) is 0 Å². The number of amides is 1. The van der Waals surface area contributed by atoms with Crippen molar-refractivity contribution in [3.05, 3.63) is 0 Å². The average molecular weight is 314 g/mol. The fourth-order valence-corrected chi connectivity index (χ4v) is 2.74. The van der Waals surface area contributed by atoms with E-state index in [1.165, 1.54) is 0 Å². The molecule has 0 aromatic carbocycles. The van der Waals surface area contributed by atoms with Crippen LogP contribution >= 0.6 is 0 Å². The molecule has 22 heavy (non-hydrogen) atoms. The first-order valence-electron chi connectivity index (χ1n) is 8.37. The van der Waals surface area contributed by atoms with E-state index in [0.717, 1.165) is 26.0 Å². The molecule has 0 saturated heterocycles. The van der Waals surface area contributed by atoms with E-state index in [2.05, 4.69) is 19.2 Å². The summed E-state index contributed by atoms with van der Waals surface area (Å²) in [5, 5.41) is 3.58. The van der Waals surface area contributed by atoms with Gasteiger partial charge in [-0.05, 0) is 47.1 Å². The lowest BCUT2D eigenvalue weighted by molar-refractivity contribution is -0.114. The monoisotopic (exact) mass is 314 g/mol. The van der Waals surface area contributed by atoms with Crippen molar-refractivity contribution in [2.75, 3.05) is 26.7 Å². The number of nitrogens with one attached hydrogen (secondary N) is 1. The summed E-state index contributed by atoms with van der Waals surface area (Å²) >= 11 is 0. The Morgan fingerprint density at radius 1 is 1.36 bits per heavy atom. The van der Waals surface area contributed by atoms with Gasteiger partial charge in [-0.25, -0.2) is 4.79 Å². The van der Waals surface area contributed by atoms with Crippen molar-refractivity contribution in [2.24, 2.45) is 5.41 Å². The highest BCUT2D eigenvalue weighted by Crippen LogP contribution is 2.42. The van der Waals surface area contributed by atoms with Gasteiger partial charge < -0.3 is 19.7 Å². The van der Waals surface area contributed by atoms with Crippen LogP contribution in [0.2, 0.25) is 0 Å². The van der Waals surface area contributed by atoms with Crippen LogP contribution in [0.5, 0.6) is 0 Å². The van der Waals surface area contributed by atoms with E-state index < -0.39 is 5.60 Å². The summed E-state index contributed by atoms with van der Waals surface area (Å²) in [7, 11) is 1.78. The van der Waals surface area contributed by atoms with Crippen LogP contribution in [0.4, 0.5) is 4.79 Å². The van der Waals surface area contributed by atoms with E-state index in [0.29, 0.717) is 18.7 Å². The summed E-state index contributed by atoms with van der Waals surface area (Å²) < 4.78 is 11.1. The lowest BCUT2D eigenvalue weighted by Crippen LogP contribution is -2.61. The smallest absolute Gasteiger partial charge is 0.410 e. The summed E-state index contributed by atoms with van der Waals surface area (Å²) in [5.74, 6) is 0. The van der Waals surface area contributed by atoms with Gasteiger partial charge in [0.1, 0.15) is 5.60 Å². The van der Waals surface area contributed by atoms with Crippen LogP contribution in [0.1, 0.15) is 54.4 Å². The zero-order valence-corrected chi connectivity index (χ0v) is 15.4. The molecule has 0 aliphatic heterocycles. The Balaban J connectivity index is 2.20. The van der Waals surface area contributed by atoms with Gasteiger partial charge in [-0.3, -0.25) is 0 Å². The molecule has 0 bridgehead atoms. The Bertz CT molecular complexity index is 363. The quantitative estimate of drug-likeness (QED) is 0.734. The molecule has 1 amide bonds. The fraction of sp³-hybridized carbons (Fsp3) is 0.941. The highest BCUT2D eigenvalue weighted by molar-refractivity contribution is 5.67. The van der Waals surface area contributed by atoms with Crippen molar-refractivity contribution in [2.45, 2.75) is 72.1 Å². The van der Waals surface area contributed by atoms with Crippen molar-refractivity contribution in [1.29, 1.82) is 0 Å². The van der Waals surface area contributed by atoms with Crippen LogP contribution in [-0.2, 0) is 9.47 Å². The van der Waals surface area contributed by atoms with Crippen LogP contribution in [-0.4, -0.2) is 55.5 Å². The minimum absolute atomic E-state index is 0.188. The summed E-state index contributed by atoms with van der Waals surface area (Å²) in [6.45, 7) is 14.6. The molecular weight excluding hydrogens is 280 g/mol. The molecule has 1 aliphatic rings. The first-order chi connectivity index (χ1) is 10.1. The molecule has 0 aromatic heterocycles. The zero-order chi connectivity index (χ0) is 17.0. The van der Waals surface area contributed by atoms with Crippen LogP contribution in [0.15, 0.2) is 0 Å². The van der Waals surface area contributed by atoms with Gasteiger partial charge >= 0.3 is 6.09 Å². The van der Waals surface area contributed by atoms with E-state index in [1.807, 2.05) is 27.7 Å². The van der Waals surface area contributed by atoms with Crippen LogP contribution in [0, 0.1) is 5.41 Å².